The number of benzene rings is 1. The molecule has 31 heavy (non-hydrogen) atoms. The van der Waals surface area contributed by atoms with Crippen molar-refractivity contribution in [3.8, 4) is 17.0 Å². The van der Waals surface area contributed by atoms with E-state index in [1.54, 1.807) is 0 Å². The summed E-state index contributed by atoms with van der Waals surface area (Å²) in [6.07, 6.45) is 18.2. The highest BCUT2D eigenvalue weighted by Crippen LogP contribution is 2.21. The summed E-state index contributed by atoms with van der Waals surface area (Å²) < 4.78 is 11.3. The van der Waals surface area contributed by atoms with Crippen LogP contribution in [0.2, 0.25) is 0 Å². The van der Waals surface area contributed by atoms with E-state index in [1.807, 2.05) is 18.3 Å². The van der Waals surface area contributed by atoms with Crippen molar-refractivity contribution >= 4 is 0 Å². The van der Waals surface area contributed by atoms with Crippen LogP contribution in [0.5, 0.6) is 5.75 Å². The van der Waals surface area contributed by atoms with Gasteiger partial charge in [0.1, 0.15) is 5.75 Å². The lowest BCUT2D eigenvalue weighted by molar-refractivity contribution is 0.130. The van der Waals surface area contributed by atoms with E-state index >= 15 is 0 Å². The van der Waals surface area contributed by atoms with Gasteiger partial charge >= 0.3 is 0 Å². The third-order valence-electron chi connectivity index (χ3n) is 5.28. The van der Waals surface area contributed by atoms with Gasteiger partial charge in [-0.3, -0.25) is 4.98 Å². The number of rotatable bonds is 17. The second kappa shape index (κ2) is 16.5. The molecule has 0 unspecified atom stereocenters. The van der Waals surface area contributed by atoms with Gasteiger partial charge in [0, 0.05) is 18.8 Å². The Hall–Kier alpha value is -2.13. The predicted molar refractivity (Wildman–Crippen MR) is 132 cm³/mol. The zero-order chi connectivity index (χ0) is 22.0. The van der Waals surface area contributed by atoms with E-state index in [0.717, 1.165) is 55.9 Å². The van der Waals surface area contributed by atoms with Crippen molar-refractivity contribution in [1.29, 1.82) is 0 Å². The maximum Gasteiger partial charge on any atom is 0.137 e. The van der Waals surface area contributed by atoms with Crippen LogP contribution in [0, 0.1) is 0 Å². The molecule has 170 valence electrons. The Kier molecular flexibility index (Phi) is 13.4. The molecule has 0 atom stereocenters. The van der Waals surface area contributed by atoms with E-state index in [1.165, 1.54) is 44.1 Å². The second-order valence-electron chi connectivity index (χ2n) is 8.10. The maximum absolute atomic E-state index is 5.81. The molecular formula is C28H41NO2. The largest absolute Gasteiger partial charge is 0.492 e. The van der Waals surface area contributed by atoms with Gasteiger partial charge in [-0.2, -0.15) is 0 Å². The molecule has 1 aromatic carbocycles. The molecule has 1 heterocycles. The molecule has 0 bridgehead atoms. The van der Waals surface area contributed by atoms with Crippen LogP contribution in [0.4, 0.5) is 0 Å². The number of hydrogen-bond donors (Lipinski definition) is 0. The molecule has 2 rings (SSSR count). The summed E-state index contributed by atoms with van der Waals surface area (Å²) in [7, 11) is 0. The lowest BCUT2D eigenvalue weighted by atomic mass is 10.0. The normalized spacial score (nSPS) is 11.3. The second-order valence-corrected chi connectivity index (χ2v) is 8.10. The van der Waals surface area contributed by atoms with Crippen molar-refractivity contribution in [1.82, 2.24) is 4.98 Å². The van der Waals surface area contributed by atoms with Gasteiger partial charge in [0.15, 0.2) is 0 Å². The highest BCUT2D eigenvalue weighted by molar-refractivity contribution is 5.59. The highest BCUT2D eigenvalue weighted by atomic mass is 16.5. The molecule has 0 N–H and O–H groups in total. The summed E-state index contributed by atoms with van der Waals surface area (Å²) >= 11 is 0. The summed E-state index contributed by atoms with van der Waals surface area (Å²) in [5.74, 6) is 0.836. The van der Waals surface area contributed by atoms with Gasteiger partial charge in [0.2, 0.25) is 0 Å². The summed E-state index contributed by atoms with van der Waals surface area (Å²) in [5, 5.41) is 0. The third kappa shape index (κ3) is 11.2. The molecule has 0 spiro atoms. The Balaban J connectivity index is 1.66. The molecule has 0 radical (unpaired) electrons. The maximum atomic E-state index is 5.81. The van der Waals surface area contributed by atoms with E-state index in [0.29, 0.717) is 6.61 Å². The van der Waals surface area contributed by atoms with Crippen LogP contribution < -0.4 is 4.74 Å². The van der Waals surface area contributed by atoms with Gasteiger partial charge < -0.3 is 9.47 Å². The fourth-order valence-electron chi connectivity index (χ4n) is 3.43. The van der Waals surface area contributed by atoms with Gasteiger partial charge in [-0.05, 0) is 62.6 Å². The summed E-state index contributed by atoms with van der Waals surface area (Å²) in [6, 6.07) is 12.9. The molecule has 0 aliphatic heterocycles. The first kappa shape index (κ1) is 25.1. The molecule has 3 heteroatoms. The Labute approximate surface area is 189 Å². The Bertz CT molecular complexity index is 707. The average Bonchev–Trinajstić information content (AvgIpc) is 2.81. The lowest BCUT2D eigenvalue weighted by Crippen LogP contribution is -1.96. The molecule has 0 aliphatic rings. The number of ether oxygens (including phenoxy) is 2. The third-order valence-corrected chi connectivity index (χ3v) is 5.28. The van der Waals surface area contributed by atoms with Crippen molar-refractivity contribution in [2.24, 2.45) is 0 Å². The van der Waals surface area contributed by atoms with Gasteiger partial charge in [-0.15, -0.1) is 0 Å². The fourth-order valence-corrected chi connectivity index (χ4v) is 3.43. The van der Waals surface area contributed by atoms with Crippen LogP contribution in [0.25, 0.3) is 11.3 Å². The van der Waals surface area contributed by atoms with Crippen molar-refractivity contribution in [2.75, 3.05) is 19.8 Å². The van der Waals surface area contributed by atoms with Gasteiger partial charge in [-0.25, -0.2) is 0 Å². The zero-order valence-electron chi connectivity index (χ0n) is 19.7. The first-order valence-corrected chi connectivity index (χ1v) is 12.2. The SMILES string of the molecule is CCCCCC=CCCOc1ccc(-c2ccc(CCCCCOCCC)cc2)nc1. The number of aromatic nitrogens is 1. The summed E-state index contributed by atoms with van der Waals surface area (Å²) in [6.45, 7) is 6.87. The number of pyridine rings is 1. The molecule has 3 nitrogen and oxygen atoms in total. The van der Waals surface area contributed by atoms with Crippen LogP contribution >= 0.6 is 0 Å². The van der Waals surface area contributed by atoms with E-state index in [-0.39, 0.29) is 0 Å². The van der Waals surface area contributed by atoms with Gasteiger partial charge in [0.05, 0.1) is 18.5 Å². The van der Waals surface area contributed by atoms with E-state index in [4.69, 9.17) is 9.47 Å². The fraction of sp³-hybridized carbons (Fsp3) is 0.536. The predicted octanol–water partition coefficient (Wildman–Crippen LogP) is 7.79. The lowest BCUT2D eigenvalue weighted by Gasteiger charge is -2.07. The van der Waals surface area contributed by atoms with Crippen molar-refractivity contribution in [2.45, 2.75) is 78.1 Å². The number of nitrogens with zero attached hydrogens (tertiary/aromatic N) is 1. The molecule has 0 saturated heterocycles. The standard InChI is InChI=1S/C28H41NO2/c1-3-5-6-7-8-9-13-23-31-27-19-20-28(29-24-27)26-17-15-25(16-18-26)14-11-10-12-22-30-21-4-2/h8-9,15-20,24H,3-7,10-14,21-23H2,1-2H3. The summed E-state index contributed by atoms with van der Waals surface area (Å²) in [4.78, 5) is 4.58. The van der Waals surface area contributed by atoms with Crippen molar-refractivity contribution in [3.05, 3.63) is 60.3 Å². The monoisotopic (exact) mass is 423 g/mol. The first-order chi connectivity index (χ1) is 15.3. The quantitative estimate of drug-likeness (QED) is 0.192. The molecule has 1 aromatic heterocycles. The molecular weight excluding hydrogens is 382 g/mol. The van der Waals surface area contributed by atoms with Crippen LogP contribution in [-0.2, 0) is 11.2 Å². The van der Waals surface area contributed by atoms with Crippen LogP contribution in [0.3, 0.4) is 0 Å². The summed E-state index contributed by atoms with van der Waals surface area (Å²) in [5.41, 5.74) is 3.53. The zero-order valence-corrected chi connectivity index (χ0v) is 19.7. The molecule has 0 aliphatic carbocycles. The minimum atomic E-state index is 0.699. The minimum absolute atomic E-state index is 0.699. The minimum Gasteiger partial charge on any atom is -0.492 e. The van der Waals surface area contributed by atoms with E-state index in [9.17, 15) is 0 Å². The Morgan fingerprint density at radius 1 is 0.742 bits per heavy atom. The van der Waals surface area contributed by atoms with Crippen molar-refractivity contribution in [3.63, 3.8) is 0 Å². The highest BCUT2D eigenvalue weighted by Gasteiger charge is 2.02. The Morgan fingerprint density at radius 2 is 1.58 bits per heavy atom. The molecule has 0 amide bonds. The van der Waals surface area contributed by atoms with E-state index in [2.05, 4.69) is 55.2 Å². The van der Waals surface area contributed by atoms with Crippen LogP contribution in [0.1, 0.15) is 77.2 Å². The van der Waals surface area contributed by atoms with Gasteiger partial charge in [0.25, 0.3) is 0 Å². The number of unbranched alkanes of at least 4 members (excludes halogenated alkanes) is 5. The van der Waals surface area contributed by atoms with E-state index < -0.39 is 0 Å². The van der Waals surface area contributed by atoms with Crippen molar-refractivity contribution < 1.29 is 9.47 Å². The Morgan fingerprint density at radius 3 is 2.32 bits per heavy atom. The average molecular weight is 424 g/mol. The number of allylic oxidation sites excluding steroid dienone is 1. The van der Waals surface area contributed by atoms with Crippen LogP contribution in [0.15, 0.2) is 54.7 Å². The van der Waals surface area contributed by atoms with Gasteiger partial charge in [-0.1, -0.05) is 69.5 Å². The smallest absolute Gasteiger partial charge is 0.137 e. The first-order valence-electron chi connectivity index (χ1n) is 12.2. The molecule has 2 aromatic rings. The molecule has 0 saturated carbocycles. The van der Waals surface area contributed by atoms with Crippen LogP contribution in [-0.4, -0.2) is 24.8 Å². The topological polar surface area (TPSA) is 31.4 Å². The molecule has 0 fully saturated rings. The number of hydrogen-bond acceptors (Lipinski definition) is 3. The number of aryl methyl sites for hydroxylation is 1.